The minimum atomic E-state index is -0.620. The molecule has 2 aliphatic rings. The first-order valence-electron chi connectivity index (χ1n) is 13.0. The fourth-order valence-electron chi connectivity index (χ4n) is 4.98. The molecular weight excluding hydrogens is 503 g/mol. The number of rotatable bonds is 10. The standard InChI is InChI=1S/C29H31FN4O5/c1-18-27(21-5-3-6-22(30)13-21)39-29(37)34(18)15-25-24(14-31-28(32-25)33-9-4-10-33)23-12-19(7-8-26(23)38-2)11-20(16-35)17-36/h3,5-8,12-14,16,18,20,27,36H,4,9-11,15,17H2,1-2H3/t18-,20?,27-/m0/s1. The van der Waals surface area contributed by atoms with Gasteiger partial charge in [-0.25, -0.2) is 19.2 Å². The van der Waals surface area contributed by atoms with Gasteiger partial charge in [-0.1, -0.05) is 18.2 Å². The lowest BCUT2D eigenvalue weighted by Gasteiger charge is -2.31. The minimum absolute atomic E-state index is 0.144. The van der Waals surface area contributed by atoms with Crippen LogP contribution in [0.1, 0.15) is 36.3 Å². The van der Waals surface area contributed by atoms with E-state index in [0.717, 1.165) is 31.4 Å². The van der Waals surface area contributed by atoms with Crippen LogP contribution >= 0.6 is 0 Å². The van der Waals surface area contributed by atoms with E-state index in [0.29, 0.717) is 40.5 Å². The third-order valence-electron chi connectivity index (χ3n) is 7.36. The molecule has 2 aromatic carbocycles. The zero-order chi connectivity index (χ0) is 27.5. The van der Waals surface area contributed by atoms with Crippen molar-refractivity contribution in [2.75, 3.05) is 31.7 Å². The Bertz CT molecular complexity index is 1370. The molecule has 0 radical (unpaired) electrons. The number of hydrogen-bond donors (Lipinski definition) is 1. The van der Waals surface area contributed by atoms with Gasteiger partial charge in [0.25, 0.3) is 0 Å². The highest BCUT2D eigenvalue weighted by molar-refractivity contribution is 5.75. The maximum absolute atomic E-state index is 13.9. The highest BCUT2D eigenvalue weighted by Gasteiger charge is 2.40. The number of nitrogens with zero attached hydrogens (tertiary/aromatic N) is 4. The van der Waals surface area contributed by atoms with E-state index >= 15 is 0 Å². The largest absolute Gasteiger partial charge is 0.496 e. The fraction of sp³-hybridized carbons (Fsp3) is 0.379. The summed E-state index contributed by atoms with van der Waals surface area (Å²) in [7, 11) is 1.57. The van der Waals surface area contributed by atoms with Gasteiger partial charge in [0.1, 0.15) is 24.0 Å². The fourth-order valence-corrected chi connectivity index (χ4v) is 4.98. The van der Waals surface area contributed by atoms with Crippen LogP contribution in [0.5, 0.6) is 5.75 Å². The number of aldehydes is 1. The van der Waals surface area contributed by atoms with E-state index in [-0.39, 0.29) is 19.2 Å². The Morgan fingerprint density at radius 3 is 2.72 bits per heavy atom. The van der Waals surface area contributed by atoms with Crippen LogP contribution in [0.15, 0.2) is 48.7 Å². The summed E-state index contributed by atoms with van der Waals surface area (Å²) in [5, 5.41) is 9.51. The van der Waals surface area contributed by atoms with Crippen molar-refractivity contribution in [2.45, 2.75) is 38.5 Å². The summed E-state index contributed by atoms with van der Waals surface area (Å²) in [5.41, 5.74) is 3.43. The van der Waals surface area contributed by atoms with E-state index in [1.54, 1.807) is 30.3 Å². The predicted octanol–water partition coefficient (Wildman–Crippen LogP) is 3.93. The van der Waals surface area contributed by atoms with Crippen LogP contribution in [-0.4, -0.2) is 65.2 Å². The third-order valence-corrected chi connectivity index (χ3v) is 7.36. The molecule has 1 aromatic heterocycles. The number of halogens is 1. The molecule has 3 atom stereocenters. The first kappa shape index (κ1) is 26.6. The van der Waals surface area contributed by atoms with E-state index in [4.69, 9.17) is 14.5 Å². The average molecular weight is 535 g/mol. The van der Waals surface area contributed by atoms with Gasteiger partial charge in [0.2, 0.25) is 5.95 Å². The Labute approximate surface area is 226 Å². The molecule has 2 saturated heterocycles. The van der Waals surface area contributed by atoms with Crippen molar-refractivity contribution in [2.24, 2.45) is 5.92 Å². The molecule has 2 aliphatic heterocycles. The van der Waals surface area contributed by atoms with Crippen molar-refractivity contribution in [1.82, 2.24) is 14.9 Å². The summed E-state index contributed by atoms with van der Waals surface area (Å²) in [6.07, 6.45) is 2.77. The van der Waals surface area contributed by atoms with Crippen LogP contribution in [0.25, 0.3) is 11.1 Å². The molecule has 2 fully saturated rings. The topological polar surface area (TPSA) is 105 Å². The molecule has 1 N–H and O–H groups in total. The van der Waals surface area contributed by atoms with Crippen molar-refractivity contribution >= 4 is 18.3 Å². The summed E-state index contributed by atoms with van der Waals surface area (Å²) >= 11 is 0. The normalized spacial score (nSPS) is 19.4. The van der Waals surface area contributed by atoms with E-state index in [1.807, 2.05) is 25.1 Å². The third kappa shape index (κ3) is 5.42. The predicted molar refractivity (Wildman–Crippen MR) is 142 cm³/mol. The van der Waals surface area contributed by atoms with Crippen molar-refractivity contribution in [3.8, 4) is 16.9 Å². The first-order valence-corrected chi connectivity index (χ1v) is 13.0. The Kier molecular flexibility index (Phi) is 7.74. The molecule has 0 spiro atoms. The van der Waals surface area contributed by atoms with Gasteiger partial charge < -0.3 is 24.3 Å². The van der Waals surface area contributed by atoms with E-state index in [2.05, 4.69) is 9.88 Å². The number of aromatic nitrogens is 2. The van der Waals surface area contributed by atoms with E-state index in [9.17, 15) is 19.1 Å². The molecule has 0 aliphatic carbocycles. The molecule has 1 amide bonds. The molecule has 5 rings (SSSR count). The highest BCUT2D eigenvalue weighted by atomic mass is 19.1. The quantitative estimate of drug-likeness (QED) is 0.390. The summed E-state index contributed by atoms with van der Waals surface area (Å²) < 4.78 is 25.2. The monoisotopic (exact) mass is 534 g/mol. The summed E-state index contributed by atoms with van der Waals surface area (Å²) in [6.45, 7) is 3.48. The molecule has 39 heavy (non-hydrogen) atoms. The maximum Gasteiger partial charge on any atom is 0.411 e. The molecule has 1 unspecified atom stereocenters. The first-order chi connectivity index (χ1) is 18.9. The molecule has 3 aromatic rings. The van der Waals surface area contributed by atoms with Crippen LogP contribution in [0.2, 0.25) is 0 Å². The number of anilines is 1. The summed E-state index contributed by atoms with van der Waals surface area (Å²) in [6, 6.07) is 11.3. The van der Waals surface area contributed by atoms with Crippen LogP contribution in [0.3, 0.4) is 0 Å². The number of amides is 1. The van der Waals surface area contributed by atoms with Gasteiger partial charge in [-0.2, -0.15) is 0 Å². The Morgan fingerprint density at radius 1 is 1.23 bits per heavy atom. The highest BCUT2D eigenvalue weighted by Crippen LogP contribution is 2.38. The number of aliphatic hydroxyl groups is 1. The van der Waals surface area contributed by atoms with Crippen LogP contribution < -0.4 is 9.64 Å². The maximum atomic E-state index is 13.9. The second-order valence-corrected chi connectivity index (χ2v) is 9.92. The lowest BCUT2D eigenvalue weighted by molar-refractivity contribution is -0.112. The number of ether oxygens (including phenoxy) is 2. The number of cyclic esters (lactones) is 1. The van der Waals surface area contributed by atoms with Gasteiger partial charge in [0.05, 0.1) is 32.0 Å². The number of methoxy groups -OCH3 is 1. The molecule has 3 heterocycles. The van der Waals surface area contributed by atoms with Gasteiger partial charge in [0.15, 0.2) is 0 Å². The van der Waals surface area contributed by atoms with E-state index in [1.165, 1.54) is 12.1 Å². The van der Waals surface area contributed by atoms with Crippen molar-refractivity contribution in [3.63, 3.8) is 0 Å². The number of carbonyl (C=O) groups excluding carboxylic acids is 2. The van der Waals surface area contributed by atoms with Gasteiger partial charge in [-0.05, 0) is 55.2 Å². The second-order valence-electron chi connectivity index (χ2n) is 9.92. The number of hydrogen-bond acceptors (Lipinski definition) is 8. The summed E-state index contributed by atoms with van der Waals surface area (Å²) in [4.78, 5) is 37.5. The van der Waals surface area contributed by atoms with Crippen LogP contribution in [0, 0.1) is 11.7 Å². The Morgan fingerprint density at radius 2 is 2.05 bits per heavy atom. The smallest absolute Gasteiger partial charge is 0.411 e. The number of benzene rings is 2. The molecule has 0 bridgehead atoms. The zero-order valence-corrected chi connectivity index (χ0v) is 21.9. The minimum Gasteiger partial charge on any atom is -0.496 e. The molecular formula is C29H31FN4O5. The second kappa shape index (κ2) is 11.4. The van der Waals surface area contributed by atoms with Crippen LogP contribution in [0.4, 0.5) is 15.1 Å². The van der Waals surface area contributed by atoms with Crippen LogP contribution in [-0.2, 0) is 22.5 Å². The zero-order valence-electron chi connectivity index (χ0n) is 21.9. The van der Waals surface area contributed by atoms with E-state index < -0.39 is 23.9 Å². The van der Waals surface area contributed by atoms with Gasteiger partial charge >= 0.3 is 6.09 Å². The molecule has 0 saturated carbocycles. The van der Waals surface area contributed by atoms with Gasteiger partial charge in [-0.3, -0.25) is 4.90 Å². The molecule has 204 valence electrons. The van der Waals surface area contributed by atoms with Crippen molar-refractivity contribution < 1.29 is 28.6 Å². The SMILES string of the molecule is COc1ccc(CC(C=O)CO)cc1-c1cnc(N2CCC2)nc1CN1C(=O)O[C@H](c2cccc(F)c2)[C@@H]1C. The summed E-state index contributed by atoms with van der Waals surface area (Å²) in [5.74, 6) is 0.257. The lowest BCUT2D eigenvalue weighted by atomic mass is 9.96. The Balaban J connectivity index is 1.52. The van der Waals surface area contributed by atoms with Gasteiger partial charge in [0, 0.05) is 36.3 Å². The lowest BCUT2D eigenvalue weighted by Crippen LogP contribution is -2.39. The number of carbonyl (C=O) groups is 2. The Hall–Kier alpha value is -4.05. The van der Waals surface area contributed by atoms with Gasteiger partial charge in [-0.15, -0.1) is 0 Å². The van der Waals surface area contributed by atoms with Crippen molar-refractivity contribution in [1.29, 1.82) is 0 Å². The molecule has 10 heteroatoms. The number of aliphatic hydroxyl groups excluding tert-OH is 1. The molecule has 9 nitrogen and oxygen atoms in total. The average Bonchev–Trinajstić information content (AvgIpc) is 3.19. The van der Waals surface area contributed by atoms with Crippen molar-refractivity contribution in [3.05, 3.63) is 71.3 Å².